The Bertz CT molecular complexity index is 439. The van der Waals surface area contributed by atoms with Crippen LogP contribution in [0.1, 0.15) is 18.5 Å². The molecule has 0 saturated heterocycles. The third-order valence-electron chi connectivity index (χ3n) is 2.58. The van der Waals surface area contributed by atoms with E-state index in [4.69, 9.17) is 5.11 Å². The summed E-state index contributed by atoms with van der Waals surface area (Å²) in [4.78, 5) is 4.40. The summed E-state index contributed by atoms with van der Waals surface area (Å²) in [5, 5.41) is 11.2. The van der Waals surface area contributed by atoms with E-state index in [2.05, 4.69) is 17.1 Å². The maximum atomic E-state index is 8.74. The average molecular weight is 282 g/mol. The molecule has 1 aromatic carbocycles. The van der Waals surface area contributed by atoms with Gasteiger partial charge in [-0.05, 0) is 30.7 Å². The van der Waals surface area contributed by atoms with Crippen LogP contribution in [0.25, 0.3) is 10.8 Å². The number of halogens is 1. The third kappa shape index (κ3) is 3.03. The van der Waals surface area contributed by atoms with Crippen molar-refractivity contribution in [2.45, 2.75) is 19.3 Å². The van der Waals surface area contributed by atoms with Gasteiger partial charge in [-0.25, -0.2) is 0 Å². The van der Waals surface area contributed by atoms with E-state index in [1.54, 1.807) is 0 Å². The van der Waals surface area contributed by atoms with Gasteiger partial charge in [0.15, 0.2) is 0 Å². The fraction of sp³-hybridized carbons (Fsp3) is 0.308. The number of benzene rings is 1. The van der Waals surface area contributed by atoms with Crippen LogP contribution in [0, 0.1) is 0 Å². The number of pyridine rings is 1. The monoisotopic (exact) mass is 281 g/mol. The Balaban J connectivity index is 0.00000128. The maximum absolute atomic E-state index is 8.74. The Morgan fingerprint density at radius 3 is 2.69 bits per heavy atom. The summed E-state index contributed by atoms with van der Waals surface area (Å²) in [7, 11) is 0. The smallest absolute Gasteiger partial charge is 0.0481 e. The van der Waals surface area contributed by atoms with Crippen LogP contribution in [-0.4, -0.2) is 16.7 Å². The number of nitrogens with zero attached hydrogens (tertiary/aromatic N) is 1. The number of aryl methyl sites for hydroxylation is 1. The van der Waals surface area contributed by atoms with Crippen LogP contribution < -0.4 is 0 Å². The molecule has 1 N–H and O–H groups in total. The molecule has 0 aliphatic heterocycles. The molecule has 3 heteroatoms. The quantitative estimate of drug-likeness (QED) is 0.874. The molecule has 2 rings (SSSR count). The summed E-state index contributed by atoms with van der Waals surface area (Å²) in [5.74, 6) is 0. The lowest BCUT2D eigenvalue weighted by Gasteiger charge is -2.04. The lowest BCUT2D eigenvalue weighted by atomic mass is 10.1. The van der Waals surface area contributed by atoms with E-state index in [1.165, 1.54) is 10.8 Å². The van der Waals surface area contributed by atoms with Gasteiger partial charge < -0.3 is 5.11 Å². The van der Waals surface area contributed by atoms with E-state index in [1.807, 2.05) is 24.4 Å². The minimum absolute atomic E-state index is 0. The van der Waals surface area contributed by atoms with Crippen molar-refractivity contribution in [3.05, 3.63) is 42.2 Å². The number of fused-ring (bicyclic) bond motifs is 1. The van der Waals surface area contributed by atoms with Crippen molar-refractivity contribution in [2.24, 2.45) is 0 Å². The van der Waals surface area contributed by atoms with Gasteiger partial charge in [-0.2, -0.15) is 0 Å². The molecular formula is C13H16BrNO. The molecule has 2 nitrogen and oxygen atoms in total. The Labute approximate surface area is 106 Å². The highest BCUT2D eigenvalue weighted by Crippen LogP contribution is 2.17. The van der Waals surface area contributed by atoms with Crippen molar-refractivity contribution in [1.29, 1.82) is 0 Å². The largest absolute Gasteiger partial charge is 0.396 e. The first kappa shape index (κ1) is 13.1. The van der Waals surface area contributed by atoms with Gasteiger partial charge in [0, 0.05) is 23.9 Å². The zero-order valence-corrected chi connectivity index (χ0v) is 10.8. The van der Waals surface area contributed by atoms with Gasteiger partial charge in [-0.1, -0.05) is 24.3 Å². The van der Waals surface area contributed by atoms with Crippen molar-refractivity contribution in [3.63, 3.8) is 0 Å². The van der Waals surface area contributed by atoms with Gasteiger partial charge >= 0.3 is 0 Å². The SMILES string of the molecule is Br.OCCCCc1nccc2ccccc12. The molecule has 0 fully saturated rings. The fourth-order valence-corrected chi connectivity index (χ4v) is 1.79. The Morgan fingerprint density at radius 1 is 1.06 bits per heavy atom. The highest BCUT2D eigenvalue weighted by Gasteiger charge is 2.00. The zero-order chi connectivity index (χ0) is 10.5. The van der Waals surface area contributed by atoms with Crippen molar-refractivity contribution in [1.82, 2.24) is 4.98 Å². The Hall–Kier alpha value is -0.930. The van der Waals surface area contributed by atoms with Crippen LogP contribution >= 0.6 is 17.0 Å². The Morgan fingerprint density at radius 2 is 1.88 bits per heavy atom. The third-order valence-corrected chi connectivity index (χ3v) is 2.58. The standard InChI is InChI=1S/C13H15NO.BrH/c15-10-4-3-7-13-12-6-2-1-5-11(12)8-9-14-13;/h1-2,5-6,8-9,15H,3-4,7,10H2;1H. The molecule has 0 radical (unpaired) electrons. The first-order chi connectivity index (χ1) is 7.42. The number of unbranched alkanes of at least 4 members (excludes halogenated alkanes) is 1. The van der Waals surface area contributed by atoms with Gasteiger partial charge in [-0.15, -0.1) is 17.0 Å². The van der Waals surface area contributed by atoms with Crippen LogP contribution in [0.2, 0.25) is 0 Å². The number of aliphatic hydroxyl groups excluding tert-OH is 1. The minimum Gasteiger partial charge on any atom is -0.396 e. The van der Waals surface area contributed by atoms with Crippen LogP contribution in [-0.2, 0) is 6.42 Å². The molecule has 86 valence electrons. The number of hydrogen-bond acceptors (Lipinski definition) is 2. The number of rotatable bonds is 4. The topological polar surface area (TPSA) is 33.1 Å². The normalized spacial score (nSPS) is 10.1. The van der Waals surface area contributed by atoms with Crippen LogP contribution in [0.5, 0.6) is 0 Å². The summed E-state index contributed by atoms with van der Waals surface area (Å²) in [5.41, 5.74) is 1.14. The molecule has 1 aromatic heterocycles. The lowest BCUT2D eigenvalue weighted by Crippen LogP contribution is -1.93. The molecule has 0 spiro atoms. The number of aliphatic hydroxyl groups is 1. The first-order valence-electron chi connectivity index (χ1n) is 5.35. The molecule has 0 atom stereocenters. The van der Waals surface area contributed by atoms with Gasteiger partial charge in [0.2, 0.25) is 0 Å². The fourth-order valence-electron chi connectivity index (χ4n) is 1.79. The summed E-state index contributed by atoms with van der Waals surface area (Å²) in [6, 6.07) is 10.3. The van der Waals surface area contributed by atoms with E-state index in [0.717, 1.165) is 25.0 Å². The van der Waals surface area contributed by atoms with Crippen molar-refractivity contribution < 1.29 is 5.11 Å². The van der Waals surface area contributed by atoms with Gasteiger partial charge in [0.1, 0.15) is 0 Å². The van der Waals surface area contributed by atoms with Gasteiger partial charge in [0.05, 0.1) is 0 Å². The molecule has 1 heterocycles. The highest BCUT2D eigenvalue weighted by atomic mass is 79.9. The molecule has 0 saturated carbocycles. The van der Waals surface area contributed by atoms with E-state index >= 15 is 0 Å². The van der Waals surface area contributed by atoms with Crippen molar-refractivity contribution in [3.8, 4) is 0 Å². The summed E-state index contributed by atoms with van der Waals surface area (Å²) >= 11 is 0. The maximum Gasteiger partial charge on any atom is 0.0481 e. The molecule has 0 bridgehead atoms. The first-order valence-corrected chi connectivity index (χ1v) is 5.35. The van der Waals surface area contributed by atoms with Crippen LogP contribution in [0.4, 0.5) is 0 Å². The van der Waals surface area contributed by atoms with E-state index in [-0.39, 0.29) is 23.6 Å². The molecule has 16 heavy (non-hydrogen) atoms. The predicted octanol–water partition coefficient (Wildman–Crippen LogP) is 3.13. The van der Waals surface area contributed by atoms with E-state index in [0.29, 0.717) is 0 Å². The molecule has 0 amide bonds. The van der Waals surface area contributed by atoms with Crippen molar-refractivity contribution >= 4 is 27.8 Å². The zero-order valence-electron chi connectivity index (χ0n) is 9.10. The second-order valence-electron chi connectivity index (χ2n) is 3.66. The molecular weight excluding hydrogens is 266 g/mol. The number of hydrogen-bond donors (Lipinski definition) is 1. The second kappa shape index (κ2) is 6.61. The van der Waals surface area contributed by atoms with E-state index in [9.17, 15) is 0 Å². The second-order valence-corrected chi connectivity index (χ2v) is 3.66. The average Bonchev–Trinajstić information content (AvgIpc) is 2.30. The molecule has 0 aliphatic rings. The van der Waals surface area contributed by atoms with Crippen LogP contribution in [0.3, 0.4) is 0 Å². The van der Waals surface area contributed by atoms with Crippen LogP contribution in [0.15, 0.2) is 36.5 Å². The number of aromatic nitrogens is 1. The Kier molecular flexibility index (Phi) is 5.43. The molecule has 2 aromatic rings. The van der Waals surface area contributed by atoms with Gasteiger partial charge in [0.25, 0.3) is 0 Å². The summed E-state index contributed by atoms with van der Waals surface area (Å²) in [6.45, 7) is 0.269. The van der Waals surface area contributed by atoms with Gasteiger partial charge in [-0.3, -0.25) is 4.98 Å². The summed E-state index contributed by atoms with van der Waals surface area (Å²) in [6.07, 6.45) is 4.65. The molecule has 0 unspecified atom stereocenters. The molecule has 0 aliphatic carbocycles. The predicted molar refractivity (Wildman–Crippen MR) is 72.1 cm³/mol. The van der Waals surface area contributed by atoms with Crippen molar-refractivity contribution in [2.75, 3.05) is 6.61 Å². The lowest BCUT2D eigenvalue weighted by molar-refractivity contribution is 0.284. The summed E-state index contributed by atoms with van der Waals surface area (Å²) < 4.78 is 0. The highest BCUT2D eigenvalue weighted by molar-refractivity contribution is 8.93. The minimum atomic E-state index is 0. The van der Waals surface area contributed by atoms with E-state index < -0.39 is 0 Å².